The molecule has 1 aromatic carbocycles. The van der Waals surface area contributed by atoms with E-state index in [9.17, 15) is 0 Å². The van der Waals surface area contributed by atoms with E-state index in [-0.39, 0.29) is 0 Å². The van der Waals surface area contributed by atoms with Gasteiger partial charge < -0.3 is 5.32 Å². The Labute approximate surface area is 118 Å². The molecule has 0 radical (unpaired) electrons. The van der Waals surface area contributed by atoms with E-state index in [0.717, 1.165) is 12.5 Å². The second-order valence-corrected chi connectivity index (χ2v) is 6.23. The summed E-state index contributed by atoms with van der Waals surface area (Å²) in [4.78, 5) is 0. The van der Waals surface area contributed by atoms with Crippen LogP contribution in [-0.4, -0.2) is 12.6 Å². The average Bonchev–Trinajstić information content (AvgIpc) is 2.89. The lowest BCUT2D eigenvalue weighted by atomic mass is 9.93. The van der Waals surface area contributed by atoms with Crippen molar-refractivity contribution in [1.82, 2.24) is 5.32 Å². The fraction of sp³-hybridized carbons (Fsp3) is 0.667. The van der Waals surface area contributed by atoms with Crippen molar-refractivity contribution in [2.24, 2.45) is 5.92 Å². The Morgan fingerprint density at radius 1 is 1.26 bits per heavy atom. The van der Waals surface area contributed by atoms with Gasteiger partial charge in [0.15, 0.2) is 0 Å². The van der Waals surface area contributed by atoms with Crippen LogP contribution in [0, 0.1) is 12.8 Å². The first kappa shape index (κ1) is 14.6. The van der Waals surface area contributed by atoms with Gasteiger partial charge in [0.2, 0.25) is 0 Å². The molecule has 0 spiro atoms. The van der Waals surface area contributed by atoms with Gasteiger partial charge in [-0.25, -0.2) is 0 Å². The third-order valence-electron chi connectivity index (χ3n) is 4.34. The van der Waals surface area contributed by atoms with E-state index >= 15 is 0 Å². The SMILES string of the molecule is CCCNC(Cc1cccc(C)c1)CC1CCCC1. The van der Waals surface area contributed by atoms with Crippen LogP contribution in [0.2, 0.25) is 0 Å². The minimum Gasteiger partial charge on any atom is -0.314 e. The standard InChI is InChI=1S/C18H29N/c1-3-11-19-18(13-16-8-4-5-9-16)14-17-10-6-7-15(2)12-17/h6-7,10,12,16,18-19H,3-5,8-9,11,13-14H2,1-2H3. The largest absolute Gasteiger partial charge is 0.314 e. The molecule has 2 rings (SSSR count). The summed E-state index contributed by atoms with van der Waals surface area (Å²) in [5.41, 5.74) is 2.87. The molecule has 1 aliphatic carbocycles. The summed E-state index contributed by atoms with van der Waals surface area (Å²) in [6, 6.07) is 9.67. The zero-order valence-electron chi connectivity index (χ0n) is 12.6. The highest BCUT2D eigenvalue weighted by molar-refractivity contribution is 5.23. The highest BCUT2D eigenvalue weighted by atomic mass is 14.9. The smallest absolute Gasteiger partial charge is 0.0110 e. The molecule has 1 atom stereocenters. The lowest BCUT2D eigenvalue weighted by Gasteiger charge is -2.22. The fourth-order valence-electron chi connectivity index (χ4n) is 3.36. The summed E-state index contributed by atoms with van der Waals surface area (Å²) in [6.45, 7) is 5.60. The summed E-state index contributed by atoms with van der Waals surface area (Å²) >= 11 is 0. The van der Waals surface area contributed by atoms with Gasteiger partial charge in [0.25, 0.3) is 0 Å². The van der Waals surface area contributed by atoms with Crippen LogP contribution in [0.3, 0.4) is 0 Å². The lowest BCUT2D eigenvalue weighted by Crippen LogP contribution is -2.33. The number of nitrogens with one attached hydrogen (secondary N) is 1. The molecule has 0 bridgehead atoms. The molecule has 0 saturated heterocycles. The van der Waals surface area contributed by atoms with Crippen LogP contribution < -0.4 is 5.32 Å². The molecule has 1 N–H and O–H groups in total. The molecule has 0 heterocycles. The maximum atomic E-state index is 3.76. The van der Waals surface area contributed by atoms with E-state index in [1.54, 1.807) is 0 Å². The minimum atomic E-state index is 0.671. The van der Waals surface area contributed by atoms with Gasteiger partial charge in [-0.05, 0) is 44.2 Å². The fourth-order valence-corrected chi connectivity index (χ4v) is 3.36. The van der Waals surface area contributed by atoms with Crippen molar-refractivity contribution in [2.45, 2.75) is 64.8 Å². The first-order valence-electron chi connectivity index (χ1n) is 8.07. The number of hydrogen-bond acceptors (Lipinski definition) is 1. The van der Waals surface area contributed by atoms with Gasteiger partial charge in [0.1, 0.15) is 0 Å². The average molecular weight is 259 g/mol. The van der Waals surface area contributed by atoms with Crippen LogP contribution in [0.5, 0.6) is 0 Å². The number of rotatable bonds is 7. The molecule has 1 heteroatoms. The van der Waals surface area contributed by atoms with Crippen molar-refractivity contribution < 1.29 is 0 Å². The Bertz CT molecular complexity index is 366. The number of hydrogen-bond donors (Lipinski definition) is 1. The maximum absolute atomic E-state index is 3.76. The Hall–Kier alpha value is -0.820. The first-order chi connectivity index (χ1) is 9.28. The van der Waals surface area contributed by atoms with E-state index in [1.807, 2.05) is 0 Å². The predicted molar refractivity (Wildman–Crippen MR) is 83.5 cm³/mol. The Morgan fingerprint density at radius 3 is 2.74 bits per heavy atom. The summed E-state index contributed by atoms with van der Waals surface area (Å²) in [5.74, 6) is 0.971. The molecule has 1 nitrogen and oxygen atoms in total. The summed E-state index contributed by atoms with van der Waals surface area (Å²) < 4.78 is 0. The van der Waals surface area contributed by atoms with E-state index in [4.69, 9.17) is 0 Å². The van der Waals surface area contributed by atoms with Crippen LogP contribution in [0.15, 0.2) is 24.3 Å². The van der Waals surface area contributed by atoms with Gasteiger partial charge in [-0.1, -0.05) is 62.4 Å². The van der Waals surface area contributed by atoms with Crippen molar-refractivity contribution in [2.75, 3.05) is 6.54 Å². The molecule has 1 unspecified atom stereocenters. The summed E-state index contributed by atoms with van der Waals surface area (Å²) in [7, 11) is 0. The summed E-state index contributed by atoms with van der Waals surface area (Å²) in [6.07, 6.45) is 9.61. The molecule has 1 saturated carbocycles. The van der Waals surface area contributed by atoms with Crippen LogP contribution in [0.25, 0.3) is 0 Å². The zero-order valence-corrected chi connectivity index (χ0v) is 12.6. The molecule has 106 valence electrons. The second-order valence-electron chi connectivity index (χ2n) is 6.23. The van der Waals surface area contributed by atoms with Crippen LogP contribution in [0.1, 0.15) is 56.6 Å². The minimum absolute atomic E-state index is 0.671. The lowest BCUT2D eigenvalue weighted by molar-refractivity contribution is 0.385. The molecule has 1 aliphatic rings. The Balaban J connectivity index is 1.92. The molecular weight excluding hydrogens is 230 g/mol. The molecule has 1 fully saturated rings. The zero-order chi connectivity index (χ0) is 13.5. The second kappa shape index (κ2) is 7.69. The van der Waals surface area contributed by atoms with Gasteiger partial charge in [-0.15, -0.1) is 0 Å². The molecule has 0 aromatic heterocycles. The van der Waals surface area contributed by atoms with E-state index < -0.39 is 0 Å². The van der Waals surface area contributed by atoms with Crippen LogP contribution in [-0.2, 0) is 6.42 Å². The number of benzene rings is 1. The number of aryl methyl sites for hydroxylation is 1. The topological polar surface area (TPSA) is 12.0 Å². The summed E-state index contributed by atoms with van der Waals surface area (Å²) in [5, 5.41) is 3.76. The quantitative estimate of drug-likeness (QED) is 0.761. The normalized spacial score (nSPS) is 17.8. The predicted octanol–water partition coefficient (Wildman–Crippen LogP) is 4.49. The van der Waals surface area contributed by atoms with Crippen LogP contribution >= 0.6 is 0 Å². The van der Waals surface area contributed by atoms with Gasteiger partial charge >= 0.3 is 0 Å². The highest BCUT2D eigenvalue weighted by Gasteiger charge is 2.20. The van der Waals surface area contributed by atoms with Crippen molar-refractivity contribution in [3.8, 4) is 0 Å². The third-order valence-corrected chi connectivity index (χ3v) is 4.34. The molecule has 1 aromatic rings. The Morgan fingerprint density at radius 2 is 2.05 bits per heavy atom. The highest BCUT2D eigenvalue weighted by Crippen LogP contribution is 2.29. The molecule has 0 aliphatic heterocycles. The van der Waals surface area contributed by atoms with E-state index in [1.165, 1.54) is 56.1 Å². The van der Waals surface area contributed by atoms with Crippen molar-refractivity contribution in [3.05, 3.63) is 35.4 Å². The monoisotopic (exact) mass is 259 g/mol. The molecule has 19 heavy (non-hydrogen) atoms. The van der Waals surface area contributed by atoms with Crippen LogP contribution in [0.4, 0.5) is 0 Å². The van der Waals surface area contributed by atoms with Gasteiger partial charge in [-0.2, -0.15) is 0 Å². The van der Waals surface area contributed by atoms with Crippen molar-refractivity contribution in [1.29, 1.82) is 0 Å². The van der Waals surface area contributed by atoms with E-state index in [0.29, 0.717) is 6.04 Å². The molecule has 0 amide bonds. The maximum Gasteiger partial charge on any atom is 0.0110 e. The van der Waals surface area contributed by atoms with Crippen molar-refractivity contribution in [3.63, 3.8) is 0 Å². The first-order valence-corrected chi connectivity index (χ1v) is 8.07. The Kier molecular flexibility index (Phi) is 5.91. The van der Waals surface area contributed by atoms with Gasteiger partial charge in [-0.3, -0.25) is 0 Å². The molecular formula is C18H29N. The van der Waals surface area contributed by atoms with Gasteiger partial charge in [0, 0.05) is 6.04 Å². The van der Waals surface area contributed by atoms with Crippen molar-refractivity contribution >= 4 is 0 Å². The third kappa shape index (κ3) is 4.99. The van der Waals surface area contributed by atoms with E-state index in [2.05, 4.69) is 43.4 Å². The van der Waals surface area contributed by atoms with Gasteiger partial charge in [0.05, 0.1) is 0 Å².